The molecule has 1 saturated carbocycles. The molecule has 0 spiro atoms. The van der Waals surface area contributed by atoms with E-state index in [1.165, 1.54) is 19.4 Å². The van der Waals surface area contributed by atoms with E-state index in [0.717, 1.165) is 12.3 Å². The van der Waals surface area contributed by atoms with Gasteiger partial charge >= 0.3 is 0 Å². The Morgan fingerprint density at radius 3 is 2.24 bits per heavy atom. The third-order valence-corrected chi connectivity index (χ3v) is 4.38. The summed E-state index contributed by atoms with van der Waals surface area (Å²) < 4.78 is 6.16. The van der Waals surface area contributed by atoms with Gasteiger partial charge in [0.1, 0.15) is 0 Å². The molecule has 3 nitrogen and oxygen atoms in total. The molecular formula is C14H28N2O. The lowest BCUT2D eigenvalue weighted by Gasteiger charge is -2.40. The molecule has 1 unspecified atom stereocenters. The summed E-state index contributed by atoms with van der Waals surface area (Å²) in [6, 6.07) is 0.979. The smallest absolute Gasteiger partial charge is 0.0789 e. The fourth-order valence-electron chi connectivity index (χ4n) is 3.69. The molecule has 1 aliphatic carbocycles. The second-order valence-electron chi connectivity index (χ2n) is 7.22. The maximum atomic E-state index is 6.16. The van der Waals surface area contributed by atoms with E-state index in [9.17, 15) is 0 Å². The standard InChI is InChI=1S/C14H28N2O/c1-13(2)8-12(14(3,4)17-13)16(5)9-10-6-11(15)7-10/h10-12H,6-9,15H2,1-5H3. The molecule has 100 valence electrons. The second-order valence-corrected chi connectivity index (χ2v) is 7.22. The first-order valence-electron chi connectivity index (χ1n) is 6.85. The highest BCUT2D eigenvalue weighted by molar-refractivity contribution is 5.00. The lowest BCUT2D eigenvalue weighted by Crippen LogP contribution is -2.49. The zero-order valence-electron chi connectivity index (χ0n) is 12.0. The van der Waals surface area contributed by atoms with Crippen molar-refractivity contribution in [3.05, 3.63) is 0 Å². The van der Waals surface area contributed by atoms with Gasteiger partial charge in [0, 0.05) is 18.6 Å². The van der Waals surface area contributed by atoms with Crippen LogP contribution in [0.1, 0.15) is 47.0 Å². The second kappa shape index (κ2) is 4.22. The van der Waals surface area contributed by atoms with Gasteiger partial charge in [-0.05, 0) is 59.9 Å². The first-order valence-corrected chi connectivity index (χ1v) is 6.85. The van der Waals surface area contributed by atoms with E-state index in [1.807, 2.05) is 0 Å². The predicted octanol–water partition coefficient (Wildman–Crippen LogP) is 2.00. The zero-order chi connectivity index (χ0) is 12.8. The summed E-state index contributed by atoms with van der Waals surface area (Å²) in [6.07, 6.45) is 3.51. The van der Waals surface area contributed by atoms with E-state index < -0.39 is 0 Å². The number of hydrogen-bond acceptors (Lipinski definition) is 3. The summed E-state index contributed by atoms with van der Waals surface area (Å²) in [6.45, 7) is 10.00. The minimum atomic E-state index is -0.0376. The van der Waals surface area contributed by atoms with Crippen LogP contribution in [0, 0.1) is 5.92 Å². The molecule has 0 radical (unpaired) electrons. The van der Waals surface area contributed by atoms with Crippen LogP contribution in [0.3, 0.4) is 0 Å². The van der Waals surface area contributed by atoms with Crippen molar-refractivity contribution in [2.24, 2.45) is 11.7 Å². The Morgan fingerprint density at radius 1 is 1.24 bits per heavy atom. The summed E-state index contributed by atoms with van der Waals surface area (Å²) in [5.41, 5.74) is 5.83. The Balaban J connectivity index is 1.92. The molecule has 0 aromatic rings. The molecule has 2 N–H and O–H groups in total. The molecule has 17 heavy (non-hydrogen) atoms. The van der Waals surface area contributed by atoms with Crippen LogP contribution in [0.5, 0.6) is 0 Å². The normalized spacial score (nSPS) is 39.4. The quantitative estimate of drug-likeness (QED) is 0.820. The van der Waals surface area contributed by atoms with Gasteiger partial charge in [0.05, 0.1) is 11.2 Å². The van der Waals surface area contributed by atoms with Crippen LogP contribution in [0.15, 0.2) is 0 Å². The van der Waals surface area contributed by atoms with E-state index in [1.54, 1.807) is 0 Å². The van der Waals surface area contributed by atoms with Crippen molar-refractivity contribution < 1.29 is 4.74 Å². The van der Waals surface area contributed by atoms with Crippen LogP contribution in [0.25, 0.3) is 0 Å². The summed E-state index contributed by atoms with van der Waals surface area (Å²) >= 11 is 0. The SMILES string of the molecule is CN(CC1CC(N)C1)C1CC(C)(C)OC1(C)C. The predicted molar refractivity (Wildman–Crippen MR) is 71.0 cm³/mol. The molecule has 0 aromatic carbocycles. The highest BCUT2D eigenvalue weighted by Crippen LogP contribution is 2.40. The van der Waals surface area contributed by atoms with Crippen LogP contribution in [0.2, 0.25) is 0 Å². The Morgan fingerprint density at radius 2 is 1.82 bits per heavy atom. The van der Waals surface area contributed by atoms with Gasteiger partial charge < -0.3 is 15.4 Å². The Hall–Kier alpha value is -0.120. The number of nitrogens with zero attached hydrogens (tertiary/aromatic N) is 1. The average Bonchev–Trinajstić information content (AvgIpc) is 2.31. The van der Waals surface area contributed by atoms with Gasteiger partial charge in [0.15, 0.2) is 0 Å². The fourth-order valence-corrected chi connectivity index (χ4v) is 3.69. The molecule has 1 heterocycles. The summed E-state index contributed by atoms with van der Waals surface area (Å²) in [7, 11) is 2.24. The Bertz CT molecular complexity index is 282. The molecule has 1 aliphatic heterocycles. The summed E-state index contributed by atoms with van der Waals surface area (Å²) in [5, 5.41) is 0. The van der Waals surface area contributed by atoms with Gasteiger partial charge in [-0.1, -0.05) is 0 Å². The largest absolute Gasteiger partial charge is 0.368 e. The lowest BCUT2D eigenvalue weighted by atomic mass is 9.80. The van der Waals surface area contributed by atoms with Gasteiger partial charge in [-0.2, -0.15) is 0 Å². The lowest BCUT2D eigenvalue weighted by molar-refractivity contribution is -0.0801. The average molecular weight is 240 g/mol. The molecule has 0 aromatic heterocycles. The summed E-state index contributed by atoms with van der Waals surface area (Å²) in [5.74, 6) is 0.800. The van der Waals surface area contributed by atoms with Gasteiger partial charge in [-0.3, -0.25) is 0 Å². The maximum Gasteiger partial charge on any atom is 0.0789 e. The molecule has 1 atom stereocenters. The van der Waals surface area contributed by atoms with Crippen LogP contribution in [-0.4, -0.2) is 41.8 Å². The number of likely N-dealkylation sites (N-methyl/N-ethyl adjacent to an activating group) is 1. The molecular weight excluding hydrogens is 212 g/mol. The number of ether oxygens (including phenoxy) is 1. The maximum absolute atomic E-state index is 6.16. The van der Waals surface area contributed by atoms with Crippen molar-refractivity contribution >= 4 is 0 Å². The minimum absolute atomic E-state index is 0.0123. The zero-order valence-corrected chi connectivity index (χ0v) is 12.0. The van der Waals surface area contributed by atoms with E-state index in [0.29, 0.717) is 12.1 Å². The highest BCUT2D eigenvalue weighted by atomic mass is 16.5. The third-order valence-electron chi connectivity index (χ3n) is 4.38. The molecule has 1 saturated heterocycles. The van der Waals surface area contributed by atoms with Gasteiger partial charge in [-0.25, -0.2) is 0 Å². The van der Waals surface area contributed by atoms with Crippen molar-refractivity contribution in [2.45, 2.75) is 70.2 Å². The van der Waals surface area contributed by atoms with Gasteiger partial charge in [0.2, 0.25) is 0 Å². The van der Waals surface area contributed by atoms with Crippen LogP contribution >= 0.6 is 0 Å². The van der Waals surface area contributed by atoms with E-state index in [4.69, 9.17) is 10.5 Å². The number of nitrogens with two attached hydrogens (primary N) is 1. The van der Waals surface area contributed by atoms with Crippen molar-refractivity contribution in [2.75, 3.05) is 13.6 Å². The van der Waals surface area contributed by atoms with Gasteiger partial charge in [-0.15, -0.1) is 0 Å². The first-order chi connectivity index (χ1) is 7.70. The minimum Gasteiger partial charge on any atom is -0.368 e. The van der Waals surface area contributed by atoms with Crippen LogP contribution in [-0.2, 0) is 4.74 Å². The van der Waals surface area contributed by atoms with E-state index >= 15 is 0 Å². The monoisotopic (exact) mass is 240 g/mol. The summed E-state index contributed by atoms with van der Waals surface area (Å²) in [4.78, 5) is 2.49. The molecule has 3 heteroatoms. The van der Waals surface area contributed by atoms with Crippen molar-refractivity contribution in [3.63, 3.8) is 0 Å². The van der Waals surface area contributed by atoms with E-state index in [2.05, 4.69) is 39.6 Å². The topological polar surface area (TPSA) is 38.5 Å². The highest BCUT2D eigenvalue weighted by Gasteiger charge is 2.48. The Kier molecular flexibility index (Phi) is 3.30. The number of rotatable bonds is 3. The molecule has 0 bridgehead atoms. The molecule has 0 amide bonds. The molecule has 2 fully saturated rings. The third kappa shape index (κ3) is 2.83. The van der Waals surface area contributed by atoms with Crippen molar-refractivity contribution in [1.82, 2.24) is 4.90 Å². The van der Waals surface area contributed by atoms with Crippen molar-refractivity contribution in [1.29, 1.82) is 0 Å². The first kappa shape index (κ1) is 13.3. The van der Waals surface area contributed by atoms with Crippen LogP contribution < -0.4 is 5.73 Å². The molecule has 2 rings (SSSR count). The molecule has 2 aliphatic rings. The van der Waals surface area contributed by atoms with E-state index in [-0.39, 0.29) is 11.2 Å². The fraction of sp³-hybridized carbons (Fsp3) is 1.00. The van der Waals surface area contributed by atoms with Crippen molar-refractivity contribution in [3.8, 4) is 0 Å². The Labute approximate surface area is 106 Å². The number of hydrogen-bond donors (Lipinski definition) is 1. The van der Waals surface area contributed by atoms with Gasteiger partial charge in [0.25, 0.3) is 0 Å². The van der Waals surface area contributed by atoms with Crippen LogP contribution in [0.4, 0.5) is 0 Å².